The molecule has 3 rings (SSSR count). The highest BCUT2D eigenvalue weighted by Crippen LogP contribution is 2.22. The second-order valence-corrected chi connectivity index (χ2v) is 5.98. The molecule has 1 aliphatic rings. The van der Waals surface area contributed by atoms with E-state index in [0.717, 1.165) is 48.4 Å². The number of pyridine rings is 1. The third-order valence-electron chi connectivity index (χ3n) is 3.62. The third-order valence-corrected chi connectivity index (χ3v) is 4.74. The Morgan fingerprint density at radius 1 is 1.20 bits per heavy atom. The first kappa shape index (κ1) is 13.6. The number of thiazole rings is 1. The summed E-state index contributed by atoms with van der Waals surface area (Å²) in [5.41, 5.74) is 2.14. The summed E-state index contributed by atoms with van der Waals surface area (Å²) in [4.78, 5) is 13.7. The van der Waals surface area contributed by atoms with Crippen molar-refractivity contribution < 1.29 is 0 Å². The lowest BCUT2D eigenvalue weighted by Gasteiger charge is -2.35. The van der Waals surface area contributed by atoms with E-state index in [9.17, 15) is 0 Å². The van der Waals surface area contributed by atoms with E-state index in [1.165, 1.54) is 0 Å². The van der Waals surface area contributed by atoms with Crippen molar-refractivity contribution >= 4 is 33.9 Å². The zero-order valence-corrected chi connectivity index (χ0v) is 13.0. The fraction of sp³-hybridized carbons (Fsp3) is 0.429. The van der Waals surface area contributed by atoms with E-state index in [-0.39, 0.29) is 0 Å². The fourth-order valence-electron chi connectivity index (χ4n) is 2.39. The van der Waals surface area contributed by atoms with Gasteiger partial charge in [-0.05, 0) is 18.6 Å². The van der Waals surface area contributed by atoms with Crippen molar-refractivity contribution in [3.8, 4) is 0 Å². The Hall–Kier alpha value is -1.33. The number of anilines is 2. The fourth-order valence-corrected chi connectivity index (χ4v) is 3.37. The molecule has 0 aliphatic carbocycles. The summed E-state index contributed by atoms with van der Waals surface area (Å²) in [5, 5.41) is 3.14. The molecule has 20 heavy (non-hydrogen) atoms. The molecular formula is C14H17ClN4S. The monoisotopic (exact) mass is 308 g/mol. The maximum absolute atomic E-state index is 5.88. The molecule has 4 nitrogen and oxygen atoms in total. The van der Waals surface area contributed by atoms with Crippen molar-refractivity contribution in [1.82, 2.24) is 9.97 Å². The molecule has 0 spiro atoms. The molecule has 0 N–H and O–H groups in total. The Labute approximate surface area is 128 Å². The molecule has 0 unspecified atom stereocenters. The summed E-state index contributed by atoms with van der Waals surface area (Å²) in [5.74, 6) is 1.58. The molecule has 1 aliphatic heterocycles. The zero-order valence-electron chi connectivity index (χ0n) is 11.4. The Morgan fingerprint density at radius 2 is 1.95 bits per heavy atom. The van der Waals surface area contributed by atoms with Crippen LogP contribution in [0.1, 0.15) is 11.3 Å². The normalized spacial score (nSPS) is 15.7. The third kappa shape index (κ3) is 2.74. The van der Waals surface area contributed by atoms with Gasteiger partial charge in [0, 0.05) is 49.3 Å². The molecule has 0 atom stereocenters. The van der Waals surface area contributed by atoms with Crippen molar-refractivity contribution in [2.24, 2.45) is 0 Å². The Kier molecular flexibility index (Phi) is 4.08. The first-order chi connectivity index (χ1) is 9.78. The van der Waals surface area contributed by atoms with Crippen LogP contribution in [0.4, 0.5) is 10.9 Å². The van der Waals surface area contributed by atoms with Crippen LogP contribution in [0.3, 0.4) is 0 Å². The second-order valence-electron chi connectivity index (χ2n) is 4.84. The van der Waals surface area contributed by atoms with Crippen LogP contribution in [0.2, 0.25) is 0 Å². The van der Waals surface area contributed by atoms with E-state index >= 15 is 0 Å². The predicted octanol–water partition coefficient (Wildman–Crippen LogP) is 2.91. The molecule has 1 saturated heterocycles. The average molecular weight is 309 g/mol. The van der Waals surface area contributed by atoms with E-state index in [1.54, 1.807) is 11.3 Å². The minimum Gasteiger partial charge on any atom is -0.353 e. The summed E-state index contributed by atoms with van der Waals surface area (Å²) < 4.78 is 0. The maximum atomic E-state index is 5.88. The molecule has 0 bridgehead atoms. The SMILES string of the molecule is Cc1nc(N2CCN(c3nccs3)CC2)ccc1CCl. The van der Waals surface area contributed by atoms with E-state index < -0.39 is 0 Å². The molecule has 0 saturated carbocycles. The van der Waals surface area contributed by atoms with Crippen LogP contribution < -0.4 is 9.80 Å². The van der Waals surface area contributed by atoms with Gasteiger partial charge >= 0.3 is 0 Å². The second kappa shape index (κ2) is 5.97. The van der Waals surface area contributed by atoms with Crippen LogP contribution in [0.5, 0.6) is 0 Å². The molecule has 2 aromatic heterocycles. The van der Waals surface area contributed by atoms with Crippen LogP contribution in [-0.2, 0) is 5.88 Å². The lowest BCUT2D eigenvalue weighted by atomic mass is 10.2. The summed E-state index contributed by atoms with van der Waals surface area (Å²) >= 11 is 7.58. The molecular weight excluding hydrogens is 292 g/mol. The lowest BCUT2D eigenvalue weighted by Crippen LogP contribution is -2.46. The van der Waals surface area contributed by atoms with Crippen molar-refractivity contribution in [3.63, 3.8) is 0 Å². The van der Waals surface area contributed by atoms with Crippen LogP contribution in [-0.4, -0.2) is 36.1 Å². The van der Waals surface area contributed by atoms with E-state index in [4.69, 9.17) is 11.6 Å². The van der Waals surface area contributed by atoms with Gasteiger partial charge in [-0.15, -0.1) is 22.9 Å². The molecule has 3 heterocycles. The molecule has 0 amide bonds. The summed E-state index contributed by atoms with van der Waals surface area (Å²) in [6, 6.07) is 4.15. The molecule has 6 heteroatoms. The average Bonchev–Trinajstić information content (AvgIpc) is 3.01. The number of aromatic nitrogens is 2. The number of piperazine rings is 1. The van der Waals surface area contributed by atoms with Crippen molar-refractivity contribution in [3.05, 3.63) is 35.0 Å². The lowest BCUT2D eigenvalue weighted by molar-refractivity contribution is 0.645. The maximum Gasteiger partial charge on any atom is 0.185 e. The van der Waals surface area contributed by atoms with Crippen LogP contribution >= 0.6 is 22.9 Å². The highest BCUT2D eigenvalue weighted by atomic mass is 35.5. The van der Waals surface area contributed by atoms with Crippen molar-refractivity contribution in [1.29, 1.82) is 0 Å². The van der Waals surface area contributed by atoms with Gasteiger partial charge in [-0.25, -0.2) is 9.97 Å². The minimum absolute atomic E-state index is 0.525. The minimum atomic E-state index is 0.525. The van der Waals surface area contributed by atoms with Crippen LogP contribution in [0, 0.1) is 6.92 Å². The molecule has 1 fully saturated rings. The number of alkyl halides is 1. The van der Waals surface area contributed by atoms with Crippen molar-refractivity contribution in [2.45, 2.75) is 12.8 Å². The first-order valence-electron chi connectivity index (χ1n) is 6.70. The van der Waals surface area contributed by atoms with Gasteiger partial charge in [-0.3, -0.25) is 0 Å². The van der Waals surface area contributed by atoms with Crippen LogP contribution in [0.15, 0.2) is 23.7 Å². The number of hydrogen-bond donors (Lipinski definition) is 0. The Bertz CT molecular complexity index is 565. The van der Waals surface area contributed by atoms with Gasteiger partial charge in [0.1, 0.15) is 5.82 Å². The number of nitrogens with zero attached hydrogens (tertiary/aromatic N) is 4. The van der Waals surface area contributed by atoms with Gasteiger partial charge in [0.2, 0.25) is 0 Å². The Balaban J connectivity index is 1.67. The number of halogens is 1. The topological polar surface area (TPSA) is 32.3 Å². The highest BCUT2D eigenvalue weighted by molar-refractivity contribution is 7.13. The zero-order chi connectivity index (χ0) is 13.9. The van der Waals surface area contributed by atoms with E-state index in [0.29, 0.717) is 5.88 Å². The van der Waals surface area contributed by atoms with Crippen LogP contribution in [0.25, 0.3) is 0 Å². The summed E-state index contributed by atoms with van der Waals surface area (Å²) in [6.07, 6.45) is 1.86. The van der Waals surface area contributed by atoms with Gasteiger partial charge in [-0.2, -0.15) is 0 Å². The van der Waals surface area contributed by atoms with E-state index in [2.05, 4.69) is 31.9 Å². The number of rotatable bonds is 3. The highest BCUT2D eigenvalue weighted by Gasteiger charge is 2.19. The number of aryl methyl sites for hydroxylation is 1. The van der Waals surface area contributed by atoms with Gasteiger partial charge in [-0.1, -0.05) is 6.07 Å². The largest absolute Gasteiger partial charge is 0.353 e. The quantitative estimate of drug-likeness (QED) is 0.816. The molecule has 2 aromatic rings. The van der Waals surface area contributed by atoms with E-state index in [1.807, 2.05) is 18.5 Å². The van der Waals surface area contributed by atoms with Gasteiger partial charge < -0.3 is 9.80 Å². The first-order valence-corrected chi connectivity index (χ1v) is 8.11. The summed E-state index contributed by atoms with van der Waals surface area (Å²) in [7, 11) is 0. The summed E-state index contributed by atoms with van der Waals surface area (Å²) in [6.45, 7) is 5.96. The van der Waals surface area contributed by atoms with Crippen molar-refractivity contribution in [2.75, 3.05) is 36.0 Å². The van der Waals surface area contributed by atoms with Gasteiger partial charge in [0.15, 0.2) is 5.13 Å². The molecule has 0 radical (unpaired) electrons. The Morgan fingerprint density at radius 3 is 2.55 bits per heavy atom. The predicted molar refractivity (Wildman–Crippen MR) is 85.1 cm³/mol. The van der Waals surface area contributed by atoms with Gasteiger partial charge in [0.05, 0.1) is 0 Å². The van der Waals surface area contributed by atoms with Gasteiger partial charge in [0.25, 0.3) is 0 Å². The standard InChI is InChI=1S/C14H17ClN4S/c1-11-12(10-15)2-3-13(17-11)18-5-7-19(8-6-18)14-16-4-9-20-14/h2-4,9H,5-8,10H2,1H3. The molecule has 0 aromatic carbocycles. The number of hydrogen-bond acceptors (Lipinski definition) is 5. The molecule has 106 valence electrons. The smallest absolute Gasteiger partial charge is 0.185 e.